The average molecular weight is 248 g/mol. The number of rotatable bonds is 3. The zero-order valence-corrected chi connectivity index (χ0v) is 8.95. The van der Waals surface area contributed by atoms with Crippen LogP contribution in [0.15, 0.2) is 15.9 Å². The zero-order valence-electron chi connectivity index (χ0n) is 6.55. The molecule has 0 radical (unpaired) electrons. The second kappa shape index (κ2) is 3.10. The minimum Gasteiger partial charge on any atom is -0.304 e. The first kappa shape index (κ1) is 8.69. The molecule has 1 aromatic heterocycles. The van der Waals surface area contributed by atoms with E-state index in [9.17, 15) is 0 Å². The third-order valence-corrected chi connectivity index (χ3v) is 4.18. The Balaban J connectivity index is 2.18. The quantitative estimate of drug-likeness (QED) is 0.834. The number of halogens is 1. The van der Waals surface area contributed by atoms with E-state index in [4.69, 9.17) is 10.7 Å². The molecular weight excluding hydrogens is 238 g/mol. The van der Waals surface area contributed by atoms with Gasteiger partial charge in [-0.15, -0.1) is 11.3 Å². The summed E-state index contributed by atoms with van der Waals surface area (Å²) in [7, 11) is 0. The van der Waals surface area contributed by atoms with Crippen LogP contribution in [0.5, 0.6) is 0 Å². The van der Waals surface area contributed by atoms with E-state index < -0.39 is 0 Å². The molecule has 0 atom stereocenters. The van der Waals surface area contributed by atoms with Gasteiger partial charge in [-0.3, -0.25) is 0 Å². The number of hydrogen-bond acceptors (Lipinski definition) is 3. The molecule has 1 aliphatic rings. The van der Waals surface area contributed by atoms with Crippen molar-refractivity contribution in [1.29, 1.82) is 0 Å². The molecule has 2 rings (SSSR count). The summed E-state index contributed by atoms with van der Waals surface area (Å²) in [4.78, 5) is 6.11. The molecule has 12 heavy (non-hydrogen) atoms. The summed E-state index contributed by atoms with van der Waals surface area (Å²) >= 11 is 5.23. The van der Waals surface area contributed by atoms with E-state index in [2.05, 4.69) is 28.1 Å². The van der Waals surface area contributed by atoms with Crippen molar-refractivity contribution in [2.75, 3.05) is 6.61 Å². The lowest BCUT2D eigenvalue weighted by atomic mass is 10.1. The minimum absolute atomic E-state index is 0.255. The Labute approximate surface area is 83.8 Å². The van der Waals surface area contributed by atoms with E-state index in [1.807, 2.05) is 0 Å². The largest absolute Gasteiger partial charge is 0.304 e. The van der Waals surface area contributed by atoms with Gasteiger partial charge in [-0.2, -0.15) is 0 Å². The highest BCUT2D eigenvalue weighted by Gasteiger charge is 2.45. The SMILES string of the molecule is NOCC1(c2ccc(Br)s2)CC1. The highest BCUT2D eigenvalue weighted by molar-refractivity contribution is 9.11. The van der Waals surface area contributed by atoms with Crippen LogP contribution in [0.4, 0.5) is 0 Å². The second-order valence-electron chi connectivity index (χ2n) is 3.20. The van der Waals surface area contributed by atoms with Crippen molar-refractivity contribution in [3.8, 4) is 0 Å². The molecule has 0 saturated heterocycles. The summed E-state index contributed by atoms with van der Waals surface area (Å²) in [5, 5.41) is 0. The van der Waals surface area contributed by atoms with Crippen LogP contribution in [0.2, 0.25) is 0 Å². The maximum atomic E-state index is 5.09. The highest BCUT2D eigenvalue weighted by Crippen LogP contribution is 2.51. The van der Waals surface area contributed by atoms with Crippen molar-refractivity contribution in [2.24, 2.45) is 5.90 Å². The van der Waals surface area contributed by atoms with Gasteiger partial charge in [0.1, 0.15) is 0 Å². The van der Waals surface area contributed by atoms with E-state index in [1.54, 1.807) is 11.3 Å². The third kappa shape index (κ3) is 1.44. The molecular formula is C8H10BrNOS. The summed E-state index contributed by atoms with van der Waals surface area (Å²) < 4.78 is 1.18. The van der Waals surface area contributed by atoms with Crippen molar-refractivity contribution in [3.63, 3.8) is 0 Å². The van der Waals surface area contributed by atoms with Crippen LogP contribution >= 0.6 is 27.3 Å². The van der Waals surface area contributed by atoms with E-state index in [-0.39, 0.29) is 5.41 Å². The normalized spacial score (nSPS) is 19.5. The van der Waals surface area contributed by atoms with E-state index in [0.29, 0.717) is 6.61 Å². The molecule has 0 amide bonds. The highest BCUT2D eigenvalue weighted by atomic mass is 79.9. The first-order chi connectivity index (χ1) is 5.77. The molecule has 1 heterocycles. The van der Waals surface area contributed by atoms with Crippen molar-refractivity contribution in [3.05, 3.63) is 20.8 Å². The maximum absolute atomic E-state index is 5.09. The Morgan fingerprint density at radius 3 is 2.75 bits per heavy atom. The van der Waals surface area contributed by atoms with Gasteiger partial charge in [0, 0.05) is 10.3 Å². The molecule has 2 N–H and O–H groups in total. The van der Waals surface area contributed by atoms with Gasteiger partial charge < -0.3 is 4.84 Å². The number of hydrogen-bond donors (Lipinski definition) is 1. The van der Waals surface area contributed by atoms with Crippen molar-refractivity contribution in [1.82, 2.24) is 0 Å². The van der Waals surface area contributed by atoms with Crippen LogP contribution in [0.25, 0.3) is 0 Å². The standard InChI is InChI=1S/C8H10BrNOS/c9-7-2-1-6(12-7)8(3-4-8)5-11-10/h1-2H,3-5,10H2. The molecule has 1 aromatic rings. The number of nitrogens with two attached hydrogens (primary N) is 1. The predicted molar refractivity (Wildman–Crippen MR) is 53.1 cm³/mol. The van der Waals surface area contributed by atoms with Crippen molar-refractivity contribution >= 4 is 27.3 Å². The second-order valence-corrected chi connectivity index (χ2v) is 5.66. The molecule has 2 nitrogen and oxygen atoms in total. The Bertz CT molecular complexity index is 282. The molecule has 1 fully saturated rings. The minimum atomic E-state index is 0.255. The van der Waals surface area contributed by atoms with Gasteiger partial charge >= 0.3 is 0 Å². The zero-order chi connectivity index (χ0) is 8.60. The monoisotopic (exact) mass is 247 g/mol. The lowest BCUT2D eigenvalue weighted by Gasteiger charge is -2.09. The Hall–Kier alpha value is 0.1000. The first-order valence-corrected chi connectivity index (χ1v) is 5.45. The molecule has 4 heteroatoms. The lowest BCUT2D eigenvalue weighted by molar-refractivity contribution is 0.117. The molecule has 0 spiro atoms. The number of thiophene rings is 1. The third-order valence-electron chi connectivity index (χ3n) is 2.31. The van der Waals surface area contributed by atoms with Crippen molar-refractivity contribution < 1.29 is 4.84 Å². The molecule has 1 aliphatic carbocycles. The van der Waals surface area contributed by atoms with Gasteiger partial charge in [0.2, 0.25) is 0 Å². The summed E-state index contributed by atoms with van der Waals surface area (Å²) in [6.07, 6.45) is 2.41. The Morgan fingerprint density at radius 1 is 1.58 bits per heavy atom. The summed E-state index contributed by atoms with van der Waals surface area (Å²) in [6, 6.07) is 4.23. The van der Waals surface area contributed by atoms with E-state index >= 15 is 0 Å². The molecule has 0 aliphatic heterocycles. The topological polar surface area (TPSA) is 35.2 Å². The van der Waals surface area contributed by atoms with Gasteiger partial charge in [0.25, 0.3) is 0 Å². The Kier molecular flexibility index (Phi) is 2.25. The molecule has 0 aromatic carbocycles. The Morgan fingerprint density at radius 2 is 2.33 bits per heavy atom. The van der Waals surface area contributed by atoms with Crippen LogP contribution < -0.4 is 5.90 Å². The van der Waals surface area contributed by atoms with Crippen molar-refractivity contribution in [2.45, 2.75) is 18.3 Å². The van der Waals surface area contributed by atoms with Gasteiger partial charge in [-0.25, -0.2) is 5.90 Å². The molecule has 0 unspecified atom stereocenters. The van der Waals surface area contributed by atoms with Gasteiger partial charge in [-0.05, 0) is 40.9 Å². The van der Waals surface area contributed by atoms with Gasteiger partial charge in [-0.1, -0.05) is 0 Å². The summed E-state index contributed by atoms with van der Waals surface area (Å²) in [5.74, 6) is 5.09. The van der Waals surface area contributed by atoms with Crippen LogP contribution in [0.1, 0.15) is 17.7 Å². The fourth-order valence-electron chi connectivity index (χ4n) is 1.37. The molecule has 0 bridgehead atoms. The molecule has 66 valence electrons. The van der Waals surface area contributed by atoms with Crippen LogP contribution in [0, 0.1) is 0 Å². The fourth-order valence-corrected chi connectivity index (χ4v) is 2.99. The summed E-state index contributed by atoms with van der Waals surface area (Å²) in [6.45, 7) is 0.653. The van der Waals surface area contributed by atoms with Crippen LogP contribution in [0.3, 0.4) is 0 Å². The van der Waals surface area contributed by atoms with E-state index in [0.717, 1.165) is 0 Å². The molecule has 1 saturated carbocycles. The van der Waals surface area contributed by atoms with Crippen LogP contribution in [-0.4, -0.2) is 6.61 Å². The van der Waals surface area contributed by atoms with Crippen LogP contribution in [-0.2, 0) is 10.3 Å². The first-order valence-electron chi connectivity index (χ1n) is 3.84. The van der Waals surface area contributed by atoms with E-state index in [1.165, 1.54) is 21.5 Å². The van der Waals surface area contributed by atoms with Gasteiger partial charge in [0.15, 0.2) is 0 Å². The summed E-state index contributed by atoms with van der Waals surface area (Å²) in [5.41, 5.74) is 0.255. The smallest absolute Gasteiger partial charge is 0.0783 e. The van der Waals surface area contributed by atoms with Gasteiger partial charge in [0.05, 0.1) is 10.4 Å². The fraction of sp³-hybridized carbons (Fsp3) is 0.500. The maximum Gasteiger partial charge on any atom is 0.0783 e. The lowest BCUT2D eigenvalue weighted by Crippen LogP contribution is -2.16. The average Bonchev–Trinajstić information content (AvgIpc) is 2.69. The predicted octanol–water partition coefficient (Wildman–Crippen LogP) is 2.43.